The summed E-state index contributed by atoms with van der Waals surface area (Å²) in [4.78, 5) is 38.6. The number of amides is 2. The Morgan fingerprint density at radius 2 is 1.61 bits per heavy atom. The van der Waals surface area contributed by atoms with Crippen molar-refractivity contribution < 1.29 is 38.9 Å². The number of nitrogens with zero attached hydrogens (tertiary/aromatic N) is 1. The molecule has 44 heavy (non-hydrogen) atoms. The lowest BCUT2D eigenvalue weighted by Crippen LogP contribution is -2.45. The minimum absolute atomic E-state index is 0.0368. The molecule has 2 saturated heterocycles. The maximum absolute atomic E-state index is 13.0. The predicted molar refractivity (Wildman–Crippen MR) is 162 cm³/mol. The van der Waals surface area contributed by atoms with E-state index in [9.17, 15) is 19.5 Å². The lowest BCUT2D eigenvalue weighted by molar-refractivity contribution is -0.253. The summed E-state index contributed by atoms with van der Waals surface area (Å²) >= 11 is 0. The fourth-order valence-electron chi connectivity index (χ4n) is 5.55. The average molecular weight is 612 g/mol. The average Bonchev–Trinajstić information content (AvgIpc) is 3.47. The Balaban J connectivity index is 1.43. The zero-order valence-electron chi connectivity index (χ0n) is 25.8. The van der Waals surface area contributed by atoms with Crippen LogP contribution >= 0.6 is 0 Å². The SMILES string of the molecule is CC(C)(C)OC(=O)[C@@H]1CCCN1C[C@@H]1C[C@H](c2ccc(CO)cc2)O[C@H](c2ccc(NC(=O)CCCCC(=O)NO)cc2)O1. The Kier molecular flexibility index (Phi) is 11.9. The fourth-order valence-corrected chi connectivity index (χ4v) is 5.55. The first-order valence-corrected chi connectivity index (χ1v) is 15.3. The first-order valence-electron chi connectivity index (χ1n) is 15.3. The molecule has 11 heteroatoms. The van der Waals surface area contributed by atoms with Crippen LogP contribution in [0.2, 0.25) is 0 Å². The zero-order chi connectivity index (χ0) is 31.7. The van der Waals surface area contributed by atoms with Crippen LogP contribution in [0.5, 0.6) is 0 Å². The van der Waals surface area contributed by atoms with Gasteiger partial charge in [0.05, 0.1) is 18.8 Å². The van der Waals surface area contributed by atoms with E-state index in [0.717, 1.165) is 36.1 Å². The van der Waals surface area contributed by atoms with E-state index < -0.39 is 17.8 Å². The second-order valence-electron chi connectivity index (χ2n) is 12.4. The van der Waals surface area contributed by atoms with Gasteiger partial charge in [-0.25, -0.2) is 5.48 Å². The van der Waals surface area contributed by atoms with Crippen molar-refractivity contribution in [1.29, 1.82) is 0 Å². The molecule has 2 amide bonds. The molecule has 2 aliphatic heterocycles. The van der Waals surface area contributed by atoms with Gasteiger partial charge >= 0.3 is 5.97 Å². The molecule has 2 fully saturated rings. The Morgan fingerprint density at radius 1 is 0.955 bits per heavy atom. The molecule has 0 bridgehead atoms. The number of aliphatic hydroxyl groups excluding tert-OH is 1. The van der Waals surface area contributed by atoms with E-state index >= 15 is 0 Å². The van der Waals surface area contributed by atoms with Crippen molar-refractivity contribution in [3.63, 3.8) is 0 Å². The molecule has 240 valence electrons. The highest BCUT2D eigenvalue weighted by molar-refractivity contribution is 5.90. The van der Waals surface area contributed by atoms with Gasteiger partial charge in [-0.2, -0.15) is 0 Å². The highest BCUT2D eigenvalue weighted by atomic mass is 16.7. The topological polar surface area (TPSA) is 147 Å². The lowest BCUT2D eigenvalue weighted by atomic mass is 9.99. The monoisotopic (exact) mass is 611 g/mol. The second-order valence-corrected chi connectivity index (χ2v) is 12.4. The van der Waals surface area contributed by atoms with E-state index in [1.165, 1.54) is 0 Å². The summed E-state index contributed by atoms with van der Waals surface area (Å²) in [6.07, 6.45) is 2.55. The smallest absolute Gasteiger partial charge is 0.323 e. The predicted octanol–water partition coefficient (Wildman–Crippen LogP) is 4.53. The quantitative estimate of drug-likeness (QED) is 0.118. The Hall–Kier alpha value is -3.35. The van der Waals surface area contributed by atoms with E-state index in [1.807, 2.05) is 57.2 Å². The summed E-state index contributed by atoms with van der Waals surface area (Å²) in [5, 5.41) is 20.9. The van der Waals surface area contributed by atoms with Crippen molar-refractivity contribution in [1.82, 2.24) is 10.4 Å². The zero-order valence-corrected chi connectivity index (χ0v) is 25.8. The van der Waals surface area contributed by atoms with E-state index in [1.54, 1.807) is 17.6 Å². The molecule has 0 aliphatic carbocycles. The number of hydrogen-bond acceptors (Lipinski definition) is 9. The third-order valence-electron chi connectivity index (χ3n) is 7.74. The number of likely N-dealkylation sites (tertiary alicyclic amines) is 1. The third-order valence-corrected chi connectivity index (χ3v) is 7.74. The van der Waals surface area contributed by atoms with Crippen molar-refractivity contribution in [2.75, 3.05) is 18.4 Å². The fraction of sp³-hybridized carbons (Fsp3) is 0.545. The van der Waals surface area contributed by atoms with Crippen LogP contribution < -0.4 is 10.8 Å². The molecule has 2 heterocycles. The molecule has 4 rings (SSSR count). The van der Waals surface area contributed by atoms with Crippen molar-refractivity contribution in [3.8, 4) is 0 Å². The number of anilines is 1. The molecule has 2 aromatic carbocycles. The lowest BCUT2D eigenvalue weighted by Gasteiger charge is -2.38. The molecule has 0 aromatic heterocycles. The molecular weight excluding hydrogens is 566 g/mol. The molecule has 0 radical (unpaired) electrons. The van der Waals surface area contributed by atoms with Gasteiger partial charge in [0.2, 0.25) is 11.8 Å². The summed E-state index contributed by atoms with van der Waals surface area (Å²) in [6.45, 7) is 6.94. The number of unbranched alkanes of at least 4 members (excludes halogenated alkanes) is 1. The van der Waals surface area contributed by atoms with Crippen LogP contribution in [0.25, 0.3) is 0 Å². The van der Waals surface area contributed by atoms with Gasteiger partial charge in [0.1, 0.15) is 11.6 Å². The summed E-state index contributed by atoms with van der Waals surface area (Å²) in [7, 11) is 0. The molecule has 0 unspecified atom stereocenters. The maximum atomic E-state index is 13.0. The van der Waals surface area contributed by atoms with Crippen LogP contribution in [0, 0.1) is 0 Å². The van der Waals surface area contributed by atoms with Gasteiger partial charge in [0.15, 0.2) is 6.29 Å². The first-order chi connectivity index (χ1) is 21.0. The van der Waals surface area contributed by atoms with Gasteiger partial charge < -0.3 is 24.6 Å². The number of rotatable bonds is 12. The third kappa shape index (κ3) is 9.83. The van der Waals surface area contributed by atoms with Crippen LogP contribution in [-0.2, 0) is 35.2 Å². The van der Waals surface area contributed by atoms with Crippen molar-refractivity contribution in [3.05, 3.63) is 65.2 Å². The highest BCUT2D eigenvalue weighted by Crippen LogP contribution is 2.39. The molecule has 0 spiro atoms. The van der Waals surface area contributed by atoms with Crippen LogP contribution in [-0.4, -0.2) is 63.8 Å². The highest BCUT2D eigenvalue weighted by Gasteiger charge is 2.38. The second kappa shape index (κ2) is 15.6. The number of benzene rings is 2. The molecule has 4 N–H and O–H groups in total. The van der Waals surface area contributed by atoms with Crippen LogP contribution in [0.3, 0.4) is 0 Å². The van der Waals surface area contributed by atoms with Crippen LogP contribution in [0.1, 0.15) is 94.8 Å². The van der Waals surface area contributed by atoms with Gasteiger partial charge in [0.25, 0.3) is 0 Å². The van der Waals surface area contributed by atoms with Gasteiger partial charge in [0, 0.05) is 37.1 Å². The van der Waals surface area contributed by atoms with E-state index in [2.05, 4.69) is 10.2 Å². The Bertz CT molecular complexity index is 1250. The molecule has 2 aliphatic rings. The number of ether oxygens (including phenoxy) is 3. The van der Waals surface area contributed by atoms with Crippen molar-refractivity contribution in [2.45, 2.75) is 102 Å². The Labute approximate surface area is 258 Å². The van der Waals surface area contributed by atoms with E-state index in [0.29, 0.717) is 31.5 Å². The number of nitrogens with one attached hydrogen (secondary N) is 2. The largest absolute Gasteiger partial charge is 0.459 e. The van der Waals surface area contributed by atoms with Crippen LogP contribution in [0.4, 0.5) is 5.69 Å². The summed E-state index contributed by atoms with van der Waals surface area (Å²) in [5.41, 5.74) is 4.26. The minimum atomic E-state index is -0.665. The number of hydrogen-bond donors (Lipinski definition) is 4. The number of esters is 1. The molecule has 0 saturated carbocycles. The number of hydroxylamine groups is 1. The van der Waals surface area contributed by atoms with Crippen molar-refractivity contribution >= 4 is 23.5 Å². The summed E-state index contributed by atoms with van der Waals surface area (Å²) in [5.74, 6) is -0.838. The molecule has 2 aromatic rings. The standard InChI is InChI=1S/C33H45N3O8/c1-33(2,3)44-31(40)27-7-6-18-36(27)20-26-19-28(23-12-10-22(21-37)11-13-23)43-32(42-26)24-14-16-25(17-15-24)34-29(38)8-4-5-9-30(39)35-41/h10-17,26-28,32,37,41H,4-9,18-21H2,1-3H3,(H,34,38)(H,35,39)/t26-,27-,28+,32+/m0/s1. The normalized spacial score (nSPS) is 22.4. The number of carbonyl (C=O) groups excluding carboxylic acids is 3. The molecular formula is C33H45N3O8. The number of carbonyl (C=O) groups is 3. The van der Waals surface area contributed by atoms with Gasteiger partial charge in [-0.15, -0.1) is 0 Å². The van der Waals surface area contributed by atoms with E-state index in [-0.39, 0.29) is 49.6 Å². The van der Waals surface area contributed by atoms with Gasteiger partial charge in [-0.1, -0.05) is 36.4 Å². The summed E-state index contributed by atoms with van der Waals surface area (Å²) in [6, 6.07) is 14.7. The van der Waals surface area contributed by atoms with Crippen LogP contribution in [0.15, 0.2) is 48.5 Å². The molecule has 11 nitrogen and oxygen atoms in total. The minimum Gasteiger partial charge on any atom is -0.459 e. The van der Waals surface area contributed by atoms with Crippen molar-refractivity contribution in [2.24, 2.45) is 0 Å². The molecule has 4 atom stereocenters. The Morgan fingerprint density at radius 3 is 2.25 bits per heavy atom. The maximum Gasteiger partial charge on any atom is 0.323 e. The summed E-state index contributed by atoms with van der Waals surface area (Å²) < 4.78 is 18.6. The first kappa shape index (κ1) is 33.5. The van der Waals surface area contributed by atoms with E-state index in [4.69, 9.17) is 19.4 Å². The van der Waals surface area contributed by atoms with Gasteiger partial charge in [-0.3, -0.25) is 24.5 Å². The number of aliphatic hydroxyl groups is 1. The van der Waals surface area contributed by atoms with Gasteiger partial charge in [-0.05, 0) is 76.3 Å².